The van der Waals surface area contributed by atoms with Gasteiger partial charge in [-0.2, -0.15) is 0 Å². The molecule has 0 fully saturated rings. The van der Waals surface area contributed by atoms with Crippen molar-refractivity contribution in [1.82, 2.24) is 19.8 Å². The fourth-order valence-corrected chi connectivity index (χ4v) is 2.77. The first kappa shape index (κ1) is 15.6. The summed E-state index contributed by atoms with van der Waals surface area (Å²) in [6, 6.07) is 10.0. The average Bonchev–Trinajstić information content (AvgIpc) is 3.27. The van der Waals surface area contributed by atoms with Crippen LogP contribution in [0.5, 0.6) is 0 Å². The maximum atomic E-state index is 12.1. The number of hydrogen-bond donors (Lipinski definition) is 1. The molecule has 0 saturated heterocycles. The normalized spacial score (nSPS) is 11.0. The highest BCUT2D eigenvalue weighted by molar-refractivity contribution is 6.34. The molecule has 124 valence electrons. The topological polar surface area (TPSA) is 85.3 Å². The predicted octanol–water partition coefficient (Wildman–Crippen LogP) is 3.94. The molecule has 0 atom stereocenters. The van der Waals surface area contributed by atoms with Gasteiger partial charge >= 0.3 is 0 Å². The fraction of sp³-hybridized carbons (Fsp3) is 0. The Labute approximate surface area is 151 Å². The molecule has 0 spiro atoms. The van der Waals surface area contributed by atoms with Gasteiger partial charge in [0.2, 0.25) is 0 Å². The Morgan fingerprint density at radius 2 is 2.00 bits per heavy atom. The number of carbonyl (C=O) groups excluding carboxylic acids is 1. The number of pyridine rings is 1. The number of rotatable bonds is 3. The maximum absolute atomic E-state index is 12.1. The second-order valence-corrected chi connectivity index (χ2v) is 5.92. The number of nitrogens with one attached hydrogen (secondary N) is 1. The van der Waals surface area contributed by atoms with E-state index in [2.05, 4.69) is 25.2 Å². The van der Waals surface area contributed by atoms with Crippen molar-refractivity contribution in [2.45, 2.75) is 0 Å². The van der Waals surface area contributed by atoms with Gasteiger partial charge in [-0.15, -0.1) is 10.2 Å². The van der Waals surface area contributed by atoms with E-state index in [-0.39, 0.29) is 5.69 Å². The number of nitrogens with zero attached hydrogens (tertiary/aromatic N) is 4. The van der Waals surface area contributed by atoms with E-state index in [4.69, 9.17) is 23.2 Å². The molecule has 0 bridgehead atoms. The molecule has 0 saturated carbocycles. The Morgan fingerprint density at radius 1 is 1.12 bits per heavy atom. The Kier molecular flexibility index (Phi) is 3.87. The number of hydrogen-bond acceptors (Lipinski definition) is 5. The fourth-order valence-electron chi connectivity index (χ4n) is 2.37. The first-order valence-corrected chi connectivity index (χ1v) is 7.90. The van der Waals surface area contributed by atoms with E-state index >= 15 is 0 Å². The maximum Gasteiger partial charge on any atom is 0.277 e. The quantitative estimate of drug-likeness (QED) is 0.587. The van der Waals surface area contributed by atoms with Gasteiger partial charge in [0.15, 0.2) is 17.2 Å². The van der Waals surface area contributed by atoms with E-state index in [1.807, 2.05) is 0 Å². The summed E-state index contributed by atoms with van der Waals surface area (Å²) in [4.78, 5) is 12.1. The Hall–Kier alpha value is -2.90. The van der Waals surface area contributed by atoms with Gasteiger partial charge in [-0.3, -0.25) is 9.20 Å². The van der Waals surface area contributed by atoms with E-state index in [0.29, 0.717) is 32.8 Å². The van der Waals surface area contributed by atoms with Gasteiger partial charge in [0, 0.05) is 23.5 Å². The van der Waals surface area contributed by atoms with Crippen LogP contribution in [-0.2, 0) is 0 Å². The van der Waals surface area contributed by atoms with Gasteiger partial charge in [-0.25, -0.2) is 0 Å². The van der Waals surface area contributed by atoms with Crippen LogP contribution in [0.3, 0.4) is 0 Å². The zero-order valence-corrected chi connectivity index (χ0v) is 14.0. The molecule has 7 nitrogen and oxygen atoms in total. The zero-order chi connectivity index (χ0) is 17.4. The van der Waals surface area contributed by atoms with Crippen LogP contribution in [0.25, 0.3) is 17.0 Å². The molecule has 3 aromatic heterocycles. The van der Waals surface area contributed by atoms with Crippen molar-refractivity contribution in [3.8, 4) is 11.4 Å². The molecule has 9 heteroatoms. The lowest BCUT2D eigenvalue weighted by Crippen LogP contribution is -2.12. The second-order valence-electron chi connectivity index (χ2n) is 5.11. The monoisotopic (exact) mass is 373 g/mol. The van der Waals surface area contributed by atoms with E-state index in [1.54, 1.807) is 40.9 Å². The van der Waals surface area contributed by atoms with Crippen molar-refractivity contribution >= 4 is 40.4 Å². The third-order valence-electron chi connectivity index (χ3n) is 3.52. The SMILES string of the molecule is O=C(Nc1ccc(Cl)c(-c2nnc3c(Cl)cccn23)c1)c1ccon1. The highest BCUT2D eigenvalue weighted by atomic mass is 35.5. The van der Waals surface area contributed by atoms with Crippen LogP contribution in [0.1, 0.15) is 10.5 Å². The largest absolute Gasteiger partial charge is 0.364 e. The molecular formula is C16H9Cl2N5O2. The summed E-state index contributed by atoms with van der Waals surface area (Å²) >= 11 is 12.4. The second kappa shape index (κ2) is 6.19. The van der Waals surface area contributed by atoms with Crippen LogP contribution in [0.4, 0.5) is 5.69 Å². The minimum absolute atomic E-state index is 0.177. The Balaban J connectivity index is 1.75. The molecule has 1 aromatic carbocycles. The molecular weight excluding hydrogens is 365 g/mol. The molecule has 0 unspecified atom stereocenters. The number of aromatic nitrogens is 4. The number of benzene rings is 1. The Morgan fingerprint density at radius 3 is 2.80 bits per heavy atom. The van der Waals surface area contributed by atoms with Crippen molar-refractivity contribution in [3.63, 3.8) is 0 Å². The summed E-state index contributed by atoms with van der Waals surface area (Å²) in [5.41, 5.74) is 1.84. The highest BCUT2D eigenvalue weighted by Crippen LogP contribution is 2.31. The molecule has 0 aliphatic rings. The minimum atomic E-state index is -0.392. The van der Waals surface area contributed by atoms with E-state index in [1.165, 1.54) is 12.3 Å². The summed E-state index contributed by atoms with van der Waals surface area (Å²) < 4.78 is 6.40. The molecule has 4 aromatic rings. The average molecular weight is 374 g/mol. The van der Waals surface area contributed by atoms with Crippen LogP contribution in [0.2, 0.25) is 10.0 Å². The third-order valence-corrected chi connectivity index (χ3v) is 4.15. The van der Waals surface area contributed by atoms with Crippen LogP contribution >= 0.6 is 23.2 Å². The highest BCUT2D eigenvalue weighted by Gasteiger charge is 2.15. The number of halogens is 2. The van der Waals surface area contributed by atoms with Crippen molar-refractivity contribution in [1.29, 1.82) is 0 Å². The molecule has 1 N–H and O–H groups in total. The molecule has 4 rings (SSSR count). The van der Waals surface area contributed by atoms with Crippen LogP contribution in [0.15, 0.2) is 53.4 Å². The van der Waals surface area contributed by atoms with Gasteiger partial charge in [0.05, 0.1) is 10.0 Å². The molecule has 3 heterocycles. The smallest absolute Gasteiger partial charge is 0.277 e. The van der Waals surface area contributed by atoms with Crippen molar-refractivity contribution in [2.24, 2.45) is 0 Å². The lowest BCUT2D eigenvalue weighted by Gasteiger charge is -2.07. The van der Waals surface area contributed by atoms with Gasteiger partial charge in [-0.1, -0.05) is 28.4 Å². The zero-order valence-electron chi connectivity index (χ0n) is 12.5. The van der Waals surface area contributed by atoms with Gasteiger partial charge in [0.25, 0.3) is 5.91 Å². The standard InChI is InChI=1S/C16H9Cl2N5O2/c17-11-4-3-9(19-16(24)13-5-7-25-22-13)8-10(11)14-20-21-15-12(18)2-1-6-23(14)15/h1-8H,(H,19,24). The first-order valence-electron chi connectivity index (χ1n) is 7.14. The van der Waals surface area contributed by atoms with Gasteiger partial charge < -0.3 is 9.84 Å². The summed E-state index contributed by atoms with van der Waals surface area (Å²) in [6.07, 6.45) is 3.11. The molecule has 0 aliphatic carbocycles. The number of carbonyl (C=O) groups is 1. The molecule has 1 amide bonds. The van der Waals surface area contributed by atoms with Crippen molar-refractivity contribution in [3.05, 3.63) is 64.6 Å². The van der Waals surface area contributed by atoms with E-state index in [9.17, 15) is 4.79 Å². The summed E-state index contributed by atoms with van der Waals surface area (Å²) in [6.45, 7) is 0. The minimum Gasteiger partial charge on any atom is -0.364 e. The van der Waals surface area contributed by atoms with Crippen molar-refractivity contribution < 1.29 is 9.32 Å². The van der Waals surface area contributed by atoms with Crippen LogP contribution in [-0.4, -0.2) is 25.7 Å². The Bertz CT molecular complexity index is 1080. The molecule has 0 radical (unpaired) electrons. The van der Waals surface area contributed by atoms with E-state index < -0.39 is 5.91 Å². The summed E-state index contributed by atoms with van der Waals surface area (Å²) in [5, 5.41) is 15.5. The number of anilines is 1. The third kappa shape index (κ3) is 2.84. The summed E-state index contributed by atoms with van der Waals surface area (Å²) in [5.74, 6) is 0.121. The lowest BCUT2D eigenvalue weighted by atomic mass is 10.2. The van der Waals surface area contributed by atoms with E-state index in [0.717, 1.165) is 0 Å². The van der Waals surface area contributed by atoms with Crippen LogP contribution in [0, 0.1) is 0 Å². The van der Waals surface area contributed by atoms with Gasteiger partial charge in [0.1, 0.15) is 6.26 Å². The number of amides is 1. The molecule has 0 aliphatic heterocycles. The predicted molar refractivity (Wildman–Crippen MR) is 92.9 cm³/mol. The molecule has 25 heavy (non-hydrogen) atoms. The first-order chi connectivity index (χ1) is 12.1. The van der Waals surface area contributed by atoms with Crippen LogP contribution < -0.4 is 5.32 Å². The van der Waals surface area contributed by atoms with Gasteiger partial charge in [-0.05, 0) is 30.3 Å². The number of fused-ring (bicyclic) bond motifs is 1. The summed E-state index contributed by atoms with van der Waals surface area (Å²) in [7, 11) is 0. The van der Waals surface area contributed by atoms with Crippen molar-refractivity contribution in [2.75, 3.05) is 5.32 Å². The lowest BCUT2D eigenvalue weighted by molar-refractivity contribution is 0.101.